The molecule has 0 amide bonds. The van der Waals surface area contributed by atoms with Gasteiger partial charge in [-0.15, -0.1) is 0 Å². The van der Waals surface area contributed by atoms with Gasteiger partial charge < -0.3 is 28.4 Å². The third-order valence-electron chi connectivity index (χ3n) is 11.9. The molecular weight excluding hydrogens is 865 g/mol. The fourth-order valence-corrected chi connectivity index (χ4v) is 9.30. The van der Waals surface area contributed by atoms with E-state index in [1.165, 1.54) is 18.2 Å². The van der Waals surface area contributed by atoms with Crippen LogP contribution in [-0.4, -0.2) is 60.2 Å². The summed E-state index contributed by atoms with van der Waals surface area (Å²) in [6.07, 6.45) is 0. The molecule has 0 aliphatic heterocycles. The number of hydrogen-bond donors (Lipinski definition) is 0. The summed E-state index contributed by atoms with van der Waals surface area (Å²) in [5.41, 5.74) is -3.27. The van der Waals surface area contributed by atoms with Gasteiger partial charge in [0.05, 0.1) is 18.6 Å². The van der Waals surface area contributed by atoms with E-state index in [9.17, 15) is 14.4 Å². The minimum Gasteiger partial charge on any atom is -0.465 e. The molecule has 0 spiro atoms. The van der Waals surface area contributed by atoms with Crippen LogP contribution in [0.3, 0.4) is 0 Å². The van der Waals surface area contributed by atoms with E-state index in [-0.39, 0.29) is 29.8 Å². The molecule has 8 rings (SSSR count). The Hall–Kier alpha value is -7.86. The summed E-state index contributed by atoms with van der Waals surface area (Å²) < 4.78 is 35.5. The second-order valence-corrected chi connectivity index (χ2v) is 18.6. The Morgan fingerprint density at radius 1 is 0.515 bits per heavy atom. The molecule has 0 saturated heterocycles. The molecule has 0 saturated carbocycles. The Kier molecular flexibility index (Phi) is 12.4. The van der Waals surface area contributed by atoms with Crippen molar-refractivity contribution in [2.45, 2.75) is 82.4 Å². The largest absolute Gasteiger partial charge is 0.465 e. The van der Waals surface area contributed by atoms with Crippen LogP contribution in [0.25, 0.3) is 22.3 Å². The molecule has 0 heterocycles. The molecule has 1 atom stereocenters. The lowest BCUT2D eigenvalue weighted by atomic mass is 9.77. The zero-order valence-corrected chi connectivity index (χ0v) is 38.7. The summed E-state index contributed by atoms with van der Waals surface area (Å²) in [5, 5.41) is 0. The number of hydrogen-bond acceptors (Lipinski definition) is 12. The first-order valence-corrected chi connectivity index (χ1v) is 22.1. The van der Waals surface area contributed by atoms with E-state index in [1.807, 2.05) is 60.7 Å². The monoisotopic (exact) mass is 914 g/mol. The van der Waals surface area contributed by atoms with Crippen LogP contribution < -0.4 is 0 Å². The molecule has 0 aromatic heterocycles. The number of esters is 5. The van der Waals surface area contributed by atoms with Crippen LogP contribution in [-0.2, 0) is 64.6 Å². The Balaban J connectivity index is 1.43. The molecule has 12 heteroatoms. The molecule has 1 unspecified atom stereocenters. The van der Waals surface area contributed by atoms with Crippen molar-refractivity contribution in [3.63, 3.8) is 0 Å². The molecule has 0 N–H and O–H groups in total. The van der Waals surface area contributed by atoms with Crippen molar-refractivity contribution in [1.82, 2.24) is 0 Å². The third-order valence-corrected chi connectivity index (χ3v) is 11.9. The quantitative estimate of drug-likeness (QED) is 0.0468. The third kappa shape index (κ3) is 8.20. The van der Waals surface area contributed by atoms with Gasteiger partial charge in [0.25, 0.3) is 6.47 Å². The second kappa shape index (κ2) is 18.1. The maximum absolute atomic E-state index is 16.0. The number of rotatable bonds is 13. The van der Waals surface area contributed by atoms with Gasteiger partial charge in [-0.2, -0.15) is 0 Å². The standard InChI is InChI=1S/C56H50O12/c1-53(2,3)67-51(61)56(52(62)68-54(4,5)6,47-41-28-17-13-24-37(41)38-25-14-18-29-42(38)47)66-48(58)43-30-19-31-44(46(43)45-39-26-15-11-22-35(39)36-23-12-16-27-40(36)45)55(65-33-57,49(59)63-7)50(60)64-32-34-20-9-8-10-21-34/h8-31,33,45,47H,32H2,1-7H3. The Morgan fingerprint density at radius 3 is 1.44 bits per heavy atom. The fraction of sp³-hybridized carbons (Fsp3) is 0.250. The molecule has 2 aliphatic rings. The summed E-state index contributed by atoms with van der Waals surface area (Å²) in [6.45, 7) is 9.31. The van der Waals surface area contributed by atoms with E-state index in [2.05, 4.69) is 0 Å². The number of carbonyl (C=O) groups excluding carboxylic acids is 6. The Morgan fingerprint density at radius 2 is 0.971 bits per heavy atom. The number of carbonyl (C=O) groups is 6. The maximum Gasteiger partial charge on any atom is 0.367 e. The van der Waals surface area contributed by atoms with Crippen molar-refractivity contribution >= 4 is 36.3 Å². The lowest BCUT2D eigenvalue weighted by Crippen LogP contribution is -2.59. The molecule has 346 valence electrons. The van der Waals surface area contributed by atoms with Gasteiger partial charge in [0.1, 0.15) is 17.8 Å². The molecule has 68 heavy (non-hydrogen) atoms. The maximum atomic E-state index is 16.0. The van der Waals surface area contributed by atoms with E-state index >= 15 is 14.4 Å². The van der Waals surface area contributed by atoms with Crippen molar-refractivity contribution in [2.24, 2.45) is 0 Å². The van der Waals surface area contributed by atoms with Gasteiger partial charge in [-0.05, 0) is 103 Å². The molecule has 6 aromatic carbocycles. The first-order chi connectivity index (χ1) is 32.5. The first kappa shape index (κ1) is 46.7. The van der Waals surface area contributed by atoms with E-state index < -0.39 is 64.1 Å². The van der Waals surface area contributed by atoms with E-state index in [0.717, 1.165) is 18.2 Å². The van der Waals surface area contributed by atoms with Gasteiger partial charge in [0.2, 0.25) is 0 Å². The van der Waals surface area contributed by atoms with Crippen LogP contribution >= 0.6 is 0 Å². The number of fused-ring (bicyclic) bond motifs is 6. The summed E-state index contributed by atoms with van der Waals surface area (Å²) >= 11 is 0. The Labute approximate surface area is 394 Å². The van der Waals surface area contributed by atoms with Crippen LogP contribution in [0.1, 0.15) is 103 Å². The number of benzene rings is 6. The summed E-state index contributed by atoms with van der Waals surface area (Å²) in [7, 11) is 1.01. The van der Waals surface area contributed by atoms with Crippen molar-refractivity contribution in [2.75, 3.05) is 7.11 Å². The minimum atomic E-state index is -2.99. The van der Waals surface area contributed by atoms with Gasteiger partial charge in [-0.1, -0.05) is 140 Å². The number of ether oxygens (including phenoxy) is 6. The molecular formula is C56H50O12. The van der Waals surface area contributed by atoms with Gasteiger partial charge in [-0.25, -0.2) is 24.0 Å². The molecule has 12 nitrogen and oxygen atoms in total. The van der Waals surface area contributed by atoms with Gasteiger partial charge >= 0.3 is 41.0 Å². The topological polar surface area (TPSA) is 158 Å². The predicted molar refractivity (Wildman–Crippen MR) is 250 cm³/mol. The smallest absolute Gasteiger partial charge is 0.367 e. The van der Waals surface area contributed by atoms with Crippen molar-refractivity contribution in [1.29, 1.82) is 0 Å². The summed E-state index contributed by atoms with van der Waals surface area (Å²) in [5.74, 6) is -8.64. The Bertz CT molecular complexity index is 2840. The molecule has 0 fully saturated rings. The van der Waals surface area contributed by atoms with Gasteiger partial charge in [0.15, 0.2) is 0 Å². The molecule has 0 bridgehead atoms. The highest BCUT2D eigenvalue weighted by atomic mass is 16.6. The first-order valence-electron chi connectivity index (χ1n) is 22.1. The van der Waals surface area contributed by atoms with E-state index in [0.29, 0.717) is 38.9 Å². The van der Waals surface area contributed by atoms with Crippen LogP contribution in [0, 0.1) is 0 Å². The lowest BCUT2D eigenvalue weighted by Gasteiger charge is -2.38. The average molecular weight is 915 g/mol. The SMILES string of the molecule is COC(=O)C(OC=O)(C(=O)OCc1ccccc1)c1cccc(C(=O)OC(C(=O)OC(C)(C)C)(C(=O)OC(C)(C)C)C2c3ccccc3-c3ccccc32)c1C1c2ccccc2-c2ccccc21. The molecule has 0 radical (unpaired) electrons. The zero-order chi connectivity index (χ0) is 48.6. The zero-order valence-electron chi connectivity index (χ0n) is 38.7. The van der Waals surface area contributed by atoms with Gasteiger partial charge in [0, 0.05) is 11.5 Å². The van der Waals surface area contributed by atoms with E-state index in [1.54, 1.807) is 108 Å². The minimum absolute atomic E-state index is 0.0479. The van der Waals surface area contributed by atoms with Crippen LogP contribution in [0.4, 0.5) is 0 Å². The van der Waals surface area contributed by atoms with Crippen LogP contribution in [0.5, 0.6) is 0 Å². The second-order valence-electron chi connectivity index (χ2n) is 18.6. The van der Waals surface area contributed by atoms with Crippen molar-refractivity contribution in [3.8, 4) is 22.3 Å². The van der Waals surface area contributed by atoms with Crippen LogP contribution in [0.2, 0.25) is 0 Å². The number of methoxy groups -OCH3 is 1. The van der Waals surface area contributed by atoms with E-state index in [4.69, 9.17) is 28.4 Å². The van der Waals surface area contributed by atoms with Crippen molar-refractivity contribution < 1.29 is 57.2 Å². The highest BCUT2D eigenvalue weighted by Gasteiger charge is 2.64. The predicted octanol–water partition coefficient (Wildman–Crippen LogP) is 9.52. The normalized spacial score (nSPS) is 13.9. The lowest BCUT2D eigenvalue weighted by molar-refractivity contribution is -0.198. The average Bonchev–Trinajstić information content (AvgIpc) is 3.83. The van der Waals surface area contributed by atoms with Gasteiger partial charge in [-0.3, -0.25) is 4.79 Å². The highest BCUT2D eigenvalue weighted by Crippen LogP contribution is 2.54. The molecule has 2 aliphatic carbocycles. The summed E-state index contributed by atoms with van der Waals surface area (Å²) in [4.78, 5) is 88.7. The highest BCUT2D eigenvalue weighted by molar-refractivity contribution is 6.11. The van der Waals surface area contributed by atoms with Crippen LogP contribution in [0.15, 0.2) is 146 Å². The fourth-order valence-electron chi connectivity index (χ4n) is 9.30. The summed E-state index contributed by atoms with van der Waals surface area (Å²) in [6, 6.07) is 41.8. The van der Waals surface area contributed by atoms with Crippen molar-refractivity contribution in [3.05, 3.63) is 190 Å². The molecule has 6 aromatic rings.